The number of carbonyl (C=O) groups is 4. The summed E-state index contributed by atoms with van der Waals surface area (Å²) in [6, 6.07) is 11.7. The number of urea groups is 1. The molecule has 2 aromatic rings. The number of nitrogens with one attached hydrogen (secondary N) is 3. The molecule has 54 heavy (non-hydrogen) atoms. The molecule has 3 amide bonds. The number of ether oxygens (including phenoxy) is 3. The van der Waals surface area contributed by atoms with Crippen LogP contribution in [0.1, 0.15) is 92.2 Å². The molecule has 0 spiro atoms. The van der Waals surface area contributed by atoms with E-state index in [4.69, 9.17) is 19.3 Å². The van der Waals surface area contributed by atoms with Gasteiger partial charge in [-0.25, -0.2) is 23.5 Å². The van der Waals surface area contributed by atoms with Crippen molar-refractivity contribution < 1.29 is 52.3 Å². The van der Waals surface area contributed by atoms with E-state index < -0.39 is 62.8 Å². The van der Waals surface area contributed by atoms with E-state index in [0.717, 1.165) is 29.9 Å². The summed E-state index contributed by atoms with van der Waals surface area (Å²) in [5.41, 5.74) is 3.98. The van der Waals surface area contributed by atoms with Gasteiger partial charge in [-0.1, -0.05) is 86.1 Å². The van der Waals surface area contributed by atoms with Crippen LogP contribution in [0.25, 0.3) is 0 Å². The fourth-order valence-electron chi connectivity index (χ4n) is 5.43. The molecule has 16 heteroatoms. The van der Waals surface area contributed by atoms with Gasteiger partial charge in [-0.05, 0) is 66.8 Å². The second-order valence-corrected chi connectivity index (χ2v) is 16.0. The highest BCUT2D eigenvalue weighted by molar-refractivity contribution is 7.46. The van der Waals surface area contributed by atoms with E-state index in [0.29, 0.717) is 29.6 Å². The number of benzene rings is 2. The Morgan fingerprint density at radius 1 is 0.833 bits per heavy atom. The summed E-state index contributed by atoms with van der Waals surface area (Å²) in [5.74, 6) is -2.07. The molecule has 0 saturated carbocycles. The van der Waals surface area contributed by atoms with Crippen molar-refractivity contribution in [2.24, 2.45) is 23.7 Å². The molecule has 0 bridgehead atoms. The minimum absolute atomic E-state index is 0.0505. The average molecular weight is 779 g/mol. The van der Waals surface area contributed by atoms with Gasteiger partial charge in [0.25, 0.3) is 0 Å². The number of hydrogen-bond acceptors (Lipinski definition) is 10. The van der Waals surface area contributed by atoms with Crippen LogP contribution in [-0.4, -0.2) is 66.1 Å². The van der Waals surface area contributed by atoms with E-state index in [1.807, 2.05) is 56.3 Å². The summed E-state index contributed by atoms with van der Waals surface area (Å²) in [6.07, 6.45) is -1.95. The van der Waals surface area contributed by atoms with Gasteiger partial charge in [0.05, 0.1) is 17.8 Å². The Bertz CT molecular complexity index is 1570. The maximum atomic E-state index is 13.4. The predicted molar refractivity (Wildman–Crippen MR) is 207 cm³/mol. The molecule has 0 aliphatic heterocycles. The first-order valence-electron chi connectivity index (χ1n) is 18.3. The monoisotopic (exact) mass is 778 g/mol. The number of esters is 2. The van der Waals surface area contributed by atoms with E-state index >= 15 is 0 Å². The predicted octanol–water partition coefficient (Wildman–Crippen LogP) is 7.53. The molecular weight excluding hydrogens is 719 g/mol. The first kappa shape index (κ1) is 46.0. The minimum atomic E-state index is -4.87. The molecule has 2 aromatic carbocycles. The molecule has 2 rings (SSSR count). The van der Waals surface area contributed by atoms with Gasteiger partial charge in [0.2, 0.25) is 13.1 Å². The molecule has 0 aliphatic carbocycles. The lowest BCUT2D eigenvalue weighted by molar-refractivity contribution is -0.198. The summed E-state index contributed by atoms with van der Waals surface area (Å²) < 4.78 is 30.7. The number of aryl methyl sites for hydroxylation is 1. The molecule has 1 unspecified atom stereocenters. The molecule has 0 aromatic heterocycles. The Balaban J connectivity index is 2.28. The molecule has 0 radical (unpaired) electrons. The molecule has 0 heterocycles. The largest absolute Gasteiger partial charge is 0.472 e. The Morgan fingerprint density at radius 2 is 1.44 bits per heavy atom. The van der Waals surface area contributed by atoms with Crippen molar-refractivity contribution in [2.45, 2.75) is 100 Å². The van der Waals surface area contributed by atoms with Crippen molar-refractivity contribution in [1.29, 1.82) is 0 Å². The zero-order valence-electron chi connectivity index (χ0n) is 33.1. The van der Waals surface area contributed by atoms with Crippen LogP contribution in [0.5, 0.6) is 0 Å². The summed E-state index contributed by atoms with van der Waals surface area (Å²) in [7, 11) is -4.87. The molecule has 0 fully saturated rings. The van der Waals surface area contributed by atoms with E-state index in [9.17, 15) is 23.7 Å². The number of phosphoric acid groups is 1. The SMILES string of the molecule is CC[C@@H](CC(=O)OC(OC(=O)[C@@H](NC(=O)OCOP(=O)(O)O)C(C)C)C(C)C)c1ccc(N(CC(C)C)CC(C)C)c(NC(=O)Nc2ccc(C)cc2)c1. The molecule has 15 nitrogen and oxygen atoms in total. The van der Waals surface area contributed by atoms with Crippen molar-refractivity contribution in [2.75, 3.05) is 35.4 Å². The maximum Gasteiger partial charge on any atom is 0.472 e. The first-order valence-corrected chi connectivity index (χ1v) is 19.8. The quantitative estimate of drug-likeness (QED) is 0.0503. The summed E-state index contributed by atoms with van der Waals surface area (Å²) >= 11 is 0. The van der Waals surface area contributed by atoms with Crippen molar-refractivity contribution in [1.82, 2.24) is 5.32 Å². The number of rotatable bonds is 20. The maximum absolute atomic E-state index is 13.4. The highest BCUT2D eigenvalue weighted by Crippen LogP contribution is 2.36. The van der Waals surface area contributed by atoms with Crippen molar-refractivity contribution in [3.63, 3.8) is 0 Å². The van der Waals surface area contributed by atoms with Crippen LogP contribution in [0.3, 0.4) is 0 Å². The average Bonchev–Trinajstić information content (AvgIpc) is 3.05. The third-order valence-electron chi connectivity index (χ3n) is 8.10. The minimum Gasteiger partial charge on any atom is -0.425 e. The fourth-order valence-corrected chi connectivity index (χ4v) is 5.62. The molecule has 5 N–H and O–H groups in total. The van der Waals surface area contributed by atoms with Crippen molar-refractivity contribution in [3.8, 4) is 0 Å². The van der Waals surface area contributed by atoms with Gasteiger partial charge in [-0.15, -0.1) is 0 Å². The highest BCUT2D eigenvalue weighted by atomic mass is 31.2. The zero-order valence-corrected chi connectivity index (χ0v) is 34.0. The van der Waals surface area contributed by atoms with Gasteiger partial charge < -0.3 is 44.8 Å². The standard InChI is InChI=1S/C38H59N4O11P/c1-11-28(19-33(43)52-36(26(8)9)53-35(44)34(25(6)7)41-38(46)50-22-51-54(47,48)49)29-14-17-32(42(20-23(2)3)21-24(4)5)31(18-29)40-37(45)39-30-15-12-27(10)13-16-30/h12-18,23-26,28,34,36H,11,19-22H2,1-10H3,(H,41,46)(H2,39,40,45)(H2,47,48,49)/t28-,34-,36?/m0/s1. The molecular formula is C38H59N4O11P. The lowest BCUT2D eigenvalue weighted by Gasteiger charge is -2.31. The van der Waals surface area contributed by atoms with Gasteiger partial charge in [0.1, 0.15) is 6.04 Å². The van der Waals surface area contributed by atoms with Crippen LogP contribution in [0.2, 0.25) is 0 Å². The summed E-state index contributed by atoms with van der Waals surface area (Å²) in [6.45, 7) is 19.6. The zero-order chi connectivity index (χ0) is 40.7. The lowest BCUT2D eigenvalue weighted by atomic mass is 9.92. The van der Waals surface area contributed by atoms with Gasteiger partial charge in [-0.2, -0.15) is 0 Å². The number of nitrogens with zero attached hydrogens (tertiary/aromatic N) is 1. The van der Waals surface area contributed by atoms with E-state index in [1.54, 1.807) is 27.7 Å². The van der Waals surface area contributed by atoms with Crippen molar-refractivity contribution in [3.05, 3.63) is 53.6 Å². The fraction of sp³-hybridized carbons (Fsp3) is 0.579. The van der Waals surface area contributed by atoms with E-state index in [1.165, 1.54) is 0 Å². The molecule has 3 atom stereocenters. The van der Waals surface area contributed by atoms with Crippen molar-refractivity contribution >= 4 is 48.9 Å². The van der Waals surface area contributed by atoms with Gasteiger partial charge in [-0.3, -0.25) is 4.79 Å². The number of phosphoric ester groups is 1. The second kappa shape index (κ2) is 21.7. The van der Waals surface area contributed by atoms with Crippen LogP contribution in [-0.2, 0) is 32.9 Å². The van der Waals surface area contributed by atoms with Gasteiger partial charge in [0.15, 0.2) is 0 Å². The number of alkyl carbamates (subject to hydrolysis) is 1. The van der Waals surface area contributed by atoms with Gasteiger partial charge in [0, 0.05) is 24.7 Å². The first-order chi connectivity index (χ1) is 25.2. The van der Waals surface area contributed by atoms with Crippen LogP contribution >= 0.6 is 7.82 Å². The molecule has 0 aliphatic rings. The summed E-state index contributed by atoms with van der Waals surface area (Å²) in [5, 5.41) is 8.23. The molecule has 302 valence electrons. The third kappa shape index (κ3) is 16.5. The Hall–Kier alpha value is -4.17. The number of amides is 3. The Labute approximate surface area is 319 Å². The van der Waals surface area contributed by atoms with E-state index in [2.05, 4.69) is 57.8 Å². The Kier molecular flexibility index (Phi) is 18.4. The second-order valence-electron chi connectivity index (χ2n) is 14.8. The Morgan fingerprint density at radius 3 is 1.96 bits per heavy atom. The third-order valence-corrected chi connectivity index (χ3v) is 8.54. The van der Waals surface area contributed by atoms with Crippen LogP contribution in [0.4, 0.5) is 26.7 Å². The normalized spacial score (nSPS) is 13.3. The number of carbonyl (C=O) groups excluding carboxylic acids is 4. The topological polar surface area (TPSA) is 202 Å². The van der Waals surface area contributed by atoms with Crippen LogP contribution in [0.15, 0.2) is 42.5 Å². The van der Waals surface area contributed by atoms with Gasteiger partial charge >= 0.3 is 31.9 Å². The van der Waals surface area contributed by atoms with Crippen LogP contribution in [0, 0.1) is 30.6 Å². The number of anilines is 3. The highest BCUT2D eigenvalue weighted by Gasteiger charge is 2.32. The lowest BCUT2D eigenvalue weighted by Crippen LogP contribution is -2.47. The number of hydrogen-bond donors (Lipinski definition) is 5. The summed E-state index contributed by atoms with van der Waals surface area (Å²) in [4.78, 5) is 71.8. The van der Waals surface area contributed by atoms with E-state index in [-0.39, 0.29) is 12.3 Å². The van der Waals surface area contributed by atoms with Crippen LogP contribution < -0.4 is 20.9 Å². The molecule has 0 saturated heterocycles. The smallest absolute Gasteiger partial charge is 0.425 e.